The molecular weight excluding hydrogens is 265 g/mol. The molecule has 72 valence electrons. The van der Waals surface area contributed by atoms with E-state index in [2.05, 4.69) is 20.9 Å². The van der Waals surface area contributed by atoms with E-state index in [0.29, 0.717) is 5.56 Å². The number of hydrogen-bond acceptors (Lipinski definition) is 2. The van der Waals surface area contributed by atoms with E-state index in [1.165, 1.54) is 6.20 Å². The third kappa shape index (κ3) is 2.08. The van der Waals surface area contributed by atoms with E-state index in [-0.39, 0.29) is 21.7 Å². The first-order chi connectivity index (χ1) is 6.07. The number of pyridine rings is 1. The number of nitrogens with two attached hydrogens (primary N) is 1. The Morgan fingerprint density at radius 3 is 2.69 bits per heavy atom. The SMILES string of the molecule is Nc1c(CCl)cnc(C(F)F)c1Br. The van der Waals surface area contributed by atoms with Gasteiger partial charge in [0.25, 0.3) is 6.43 Å². The Bertz CT molecular complexity index is 320. The van der Waals surface area contributed by atoms with Crippen molar-refractivity contribution in [3.63, 3.8) is 0 Å². The Morgan fingerprint density at radius 2 is 2.23 bits per heavy atom. The van der Waals surface area contributed by atoms with E-state index < -0.39 is 6.43 Å². The average molecular weight is 271 g/mol. The minimum atomic E-state index is -2.64. The second-order valence-electron chi connectivity index (χ2n) is 2.33. The Hall–Kier alpha value is -0.420. The van der Waals surface area contributed by atoms with Crippen LogP contribution in [-0.2, 0) is 5.88 Å². The first-order valence-corrected chi connectivity index (χ1v) is 4.67. The summed E-state index contributed by atoms with van der Waals surface area (Å²) in [6, 6.07) is 0. The fourth-order valence-electron chi connectivity index (χ4n) is 0.811. The molecule has 0 saturated heterocycles. The maximum absolute atomic E-state index is 12.3. The maximum atomic E-state index is 12.3. The quantitative estimate of drug-likeness (QED) is 0.840. The molecule has 0 bridgehead atoms. The molecule has 0 aliphatic carbocycles. The fourth-order valence-corrected chi connectivity index (χ4v) is 1.55. The summed E-state index contributed by atoms with van der Waals surface area (Å²) in [6.07, 6.45) is -1.38. The summed E-state index contributed by atoms with van der Waals surface area (Å²) in [7, 11) is 0. The summed E-state index contributed by atoms with van der Waals surface area (Å²) in [4.78, 5) is 3.55. The molecule has 0 atom stereocenters. The highest BCUT2D eigenvalue weighted by Gasteiger charge is 2.16. The zero-order valence-electron chi connectivity index (χ0n) is 6.40. The second kappa shape index (κ2) is 4.19. The van der Waals surface area contributed by atoms with Crippen molar-refractivity contribution < 1.29 is 8.78 Å². The average Bonchev–Trinajstić information content (AvgIpc) is 2.09. The molecule has 0 unspecified atom stereocenters. The summed E-state index contributed by atoms with van der Waals surface area (Å²) in [5.41, 5.74) is 5.93. The van der Waals surface area contributed by atoms with Gasteiger partial charge in [-0.15, -0.1) is 11.6 Å². The van der Waals surface area contributed by atoms with Crippen LogP contribution in [0, 0.1) is 0 Å². The Kier molecular flexibility index (Phi) is 3.44. The van der Waals surface area contributed by atoms with E-state index >= 15 is 0 Å². The molecule has 0 spiro atoms. The molecule has 0 aliphatic rings. The summed E-state index contributed by atoms with van der Waals surface area (Å²) < 4.78 is 24.7. The first kappa shape index (κ1) is 10.7. The molecule has 0 fully saturated rings. The number of hydrogen-bond donors (Lipinski definition) is 1. The second-order valence-corrected chi connectivity index (χ2v) is 3.39. The Morgan fingerprint density at radius 1 is 1.62 bits per heavy atom. The van der Waals surface area contributed by atoms with Crippen LogP contribution in [0.5, 0.6) is 0 Å². The van der Waals surface area contributed by atoms with Gasteiger partial charge in [-0.25, -0.2) is 8.78 Å². The normalized spacial score (nSPS) is 10.8. The van der Waals surface area contributed by atoms with Crippen LogP contribution >= 0.6 is 27.5 Å². The molecule has 0 aromatic carbocycles. The lowest BCUT2D eigenvalue weighted by Crippen LogP contribution is -2.00. The smallest absolute Gasteiger partial charge is 0.281 e. The molecule has 0 aliphatic heterocycles. The number of aromatic nitrogens is 1. The highest BCUT2D eigenvalue weighted by Crippen LogP contribution is 2.32. The lowest BCUT2D eigenvalue weighted by atomic mass is 10.2. The van der Waals surface area contributed by atoms with Crippen molar-refractivity contribution in [1.29, 1.82) is 0 Å². The van der Waals surface area contributed by atoms with Crippen LogP contribution in [0.25, 0.3) is 0 Å². The minimum absolute atomic E-state index is 0.126. The number of rotatable bonds is 2. The van der Waals surface area contributed by atoms with E-state index in [1.54, 1.807) is 0 Å². The molecule has 13 heavy (non-hydrogen) atoms. The largest absolute Gasteiger partial charge is 0.397 e. The van der Waals surface area contributed by atoms with Gasteiger partial charge in [0.15, 0.2) is 0 Å². The molecule has 1 aromatic rings. The minimum Gasteiger partial charge on any atom is -0.397 e. The van der Waals surface area contributed by atoms with Gasteiger partial charge in [-0.1, -0.05) is 0 Å². The van der Waals surface area contributed by atoms with Gasteiger partial charge in [0.05, 0.1) is 16.0 Å². The molecule has 1 aromatic heterocycles. The molecule has 2 nitrogen and oxygen atoms in total. The monoisotopic (exact) mass is 270 g/mol. The predicted octanol–water partition coefficient (Wildman–Crippen LogP) is 3.10. The summed E-state index contributed by atoms with van der Waals surface area (Å²) in [6.45, 7) is 0. The highest BCUT2D eigenvalue weighted by atomic mass is 79.9. The molecule has 0 saturated carbocycles. The lowest BCUT2D eigenvalue weighted by molar-refractivity contribution is 0.145. The molecular formula is C7H6BrClF2N2. The van der Waals surface area contributed by atoms with E-state index in [1.807, 2.05) is 0 Å². The molecule has 6 heteroatoms. The lowest BCUT2D eigenvalue weighted by Gasteiger charge is -2.07. The van der Waals surface area contributed by atoms with Gasteiger partial charge >= 0.3 is 0 Å². The Labute approximate surface area is 87.2 Å². The third-order valence-corrected chi connectivity index (χ3v) is 2.64. The van der Waals surface area contributed by atoms with Crippen LogP contribution in [0.3, 0.4) is 0 Å². The third-order valence-electron chi connectivity index (χ3n) is 1.52. The van der Waals surface area contributed by atoms with Gasteiger partial charge in [0.2, 0.25) is 0 Å². The topological polar surface area (TPSA) is 38.9 Å². The van der Waals surface area contributed by atoms with Crippen LogP contribution in [0.15, 0.2) is 10.7 Å². The van der Waals surface area contributed by atoms with Gasteiger partial charge in [-0.2, -0.15) is 0 Å². The number of anilines is 1. The summed E-state index contributed by atoms with van der Waals surface area (Å²) in [5.74, 6) is 0.154. The molecule has 0 radical (unpaired) electrons. The zero-order valence-corrected chi connectivity index (χ0v) is 8.74. The van der Waals surface area contributed by atoms with Crippen LogP contribution in [0.1, 0.15) is 17.7 Å². The van der Waals surface area contributed by atoms with E-state index in [9.17, 15) is 8.78 Å². The van der Waals surface area contributed by atoms with E-state index in [0.717, 1.165) is 0 Å². The van der Waals surface area contributed by atoms with Gasteiger partial charge in [-0.3, -0.25) is 4.98 Å². The van der Waals surface area contributed by atoms with E-state index in [4.69, 9.17) is 17.3 Å². The molecule has 1 rings (SSSR count). The number of nitrogen functional groups attached to an aromatic ring is 1. The Balaban J connectivity index is 3.23. The van der Waals surface area contributed by atoms with Gasteiger partial charge in [0, 0.05) is 11.8 Å². The van der Waals surface area contributed by atoms with Gasteiger partial charge < -0.3 is 5.73 Å². The van der Waals surface area contributed by atoms with Crippen LogP contribution in [-0.4, -0.2) is 4.98 Å². The standard InChI is InChI=1S/C7H6BrClF2N2/c8-4-5(12)3(1-9)2-13-6(4)7(10)11/h2,7H,1H2,(H2,12,13). The molecule has 0 amide bonds. The van der Waals surface area contributed by atoms with Crippen molar-refractivity contribution in [2.45, 2.75) is 12.3 Å². The first-order valence-electron chi connectivity index (χ1n) is 3.34. The van der Waals surface area contributed by atoms with Crippen molar-refractivity contribution >= 4 is 33.2 Å². The van der Waals surface area contributed by atoms with Gasteiger partial charge in [-0.05, 0) is 15.9 Å². The van der Waals surface area contributed by atoms with Crippen molar-refractivity contribution in [3.8, 4) is 0 Å². The molecule has 2 N–H and O–H groups in total. The molecule has 1 heterocycles. The number of nitrogens with zero attached hydrogens (tertiary/aromatic N) is 1. The van der Waals surface area contributed by atoms with Crippen molar-refractivity contribution in [2.24, 2.45) is 0 Å². The number of alkyl halides is 3. The van der Waals surface area contributed by atoms with Gasteiger partial charge in [0.1, 0.15) is 5.69 Å². The van der Waals surface area contributed by atoms with Crippen LogP contribution in [0.4, 0.5) is 14.5 Å². The zero-order chi connectivity index (χ0) is 10.0. The van der Waals surface area contributed by atoms with Crippen molar-refractivity contribution in [3.05, 3.63) is 21.9 Å². The van der Waals surface area contributed by atoms with Crippen LogP contribution < -0.4 is 5.73 Å². The summed E-state index contributed by atoms with van der Waals surface area (Å²) >= 11 is 8.45. The highest BCUT2D eigenvalue weighted by molar-refractivity contribution is 9.10. The summed E-state index contributed by atoms with van der Waals surface area (Å²) in [5, 5.41) is 0. The predicted molar refractivity (Wildman–Crippen MR) is 50.9 cm³/mol. The van der Waals surface area contributed by atoms with Crippen molar-refractivity contribution in [2.75, 3.05) is 5.73 Å². The maximum Gasteiger partial charge on any atom is 0.281 e. The van der Waals surface area contributed by atoms with Crippen molar-refractivity contribution in [1.82, 2.24) is 4.98 Å². The number of halogens is 4. The van der Waals surface area contributed by atoms with Crippen LogP contribution in [0.2, 0.25) is 0 Å². The fraction of sp³-hybridized carbons (Fsp3) is 0.286.